The van der Waals surface area contributed by atoms with Crippen molar-refractivity contribution in [2.24, 2.45) is 0 Å². The van der Waals surface area contributed by atoms with E-state index in [1.165, 1.54) is 0 Å². The quantitative estimate of drug-likeness (QED) is 0.401. The van der Waals surface area contributed by atoms with Gasteiger partial charge in [0, 0.05) is 0 Å². The van der Waals surface area contributed by atoms with Crippen LogP contribution in [0.4, 0.5) is 0 Å². The lowest BCUT2D eigenvalue weighted by Gasteiger charge is -2.05. The van der Waals surface area contributed by atoms with Crippen molar-refractivity contribution in [3.05, 3.63) is 0 Å². The van der Waals surface area contributed by atoms with Crippen molar-refractivity contribution >= 4 is 0 Å². The lowest BCUT2D eigenvalue weighted by molar-refractivity contribution is -0.617. The molecule has 1 aliphatic heterocycles. The van der Waals surface area contributed by atoms with Gasteiger partial charge in [-0.3, -0.25) is 0 Å². The summed E-state index contributed by atoms with van der Waals surface area (Å²) in [6.07, 6.45) is 0. The number of nitrogens with zero attached hydrogens (tertiary/aromatic N) is 1. The fourth-order valence-corrected chi connectivity index (χ4v) is 0.665. The first-order valence-electron chi connectivity index (χ1n) is 2.56. The van der Waals surface area contributed by atoms with Crippen molar-refractivity contribution in [3.63, 3.8) is 0 Å². The molecular weight excluding hydrogens is 90.1 g/mol. The second-order valence-corrected chi connectivity index (χ2v) is 1.74. The Hall–Kier alpha value is -0.440. The monoisotopic (exact) mass is 100 g/mol. The van der Waals surface area contributed by atoms with Crippen molar-refractivity contribution in [2.45, 2.75) is 0 Å². The van der Waals surface area contributed by atoms with Crippen LogP contribution in [-0.4, -0.2) is 30.9 Å². The minimum Gasteiger partial charge on any atom is -0.305 e. The molecule has 40 valence electrons. The topological polar surface area (TPSA) is 38.9 Å². The molecule has 1 fully saturated rings. The maximum absolute atomic E-state index is 7.07. The normalized spacial score (nSPS) is 22.6. The lowest BCUT2D eigenvalue weighted by atomic mass is 10.4. The van der Waals surface area contributed by atoms with Crippen LogP contribution in [0.25, 0.3) is 0 Å². The van der Waals surface area contributed by atoms with Gasteiger partial charge < -0.3 is 5.32 Å². The second kappa shape index (κ2) is 2.02. The van der Waals surface area contributed by atoms with Gasteiger partial charge in [0.1, 0.15) is 0 Å². The molecule has 7 heavy (non-hydrogen) atoms. The minimum absolute atomic E-state index is 0.875. The molecule has 0 aromatic carbocycles. The van der Waals surface area contributed by atoms with Crippen molar-refractivity contribution in [3.8, 4) is 0 Å². The molecule has 1 heterocycles. The van der Waals surface area contributed by atoms with Crippen molar-refractivity contribution < 1.29 is 4.70 Å². The predicted octanol–water partition coefficient (Wildman–Crippen LogP) is -0.367. The Morgan fingerprint density at radius 2 is 1.86 bits per heavy atom. The summed E-state index contributed by atoms with van der Waals surface area (Å²) in [7, 11) is 0. The summed E-state index contributed by atoms with van der Waals surface area (Å²) in [5, 5.41) is 3.15. The highest BCUT2D eigenvalue weighted by atomic mass is 15.2. The summed E-state index contributed by atoms with van der Waals surface area (Å²) in [5.74, 6) is 0. The van der Waals surface area contributed by atoms with E-state index in [-0.39, 0.29) is 0 Å². The van der Waals surface area contributed by atoms with E-state index in [1.807, 2.05) is 0 Å². The molecule has 2 N–H and O–H groups in total. The first-order chi connectivity index (χ1) is 3.39. The van der Waals surface area contributed by atoms with Gasteiger partial charge in [-0.1, -0.05) is 5.53 Å². The molecule has 1 rings (SSSR count). The largest absolute Gasteiger partial charge is 0.305 e. The molecule has 3 heteroatoms. The predicted molar refractivity (Wildman–Crippen MR) is 25.6 cm³/mol. The summed E-state index contributed by atoms with van der Waals surface area (Å²) < 4.78 is 1.58. The zero-order valence-corrected chi connectivity index (χ0v) is 4.28. The molecule has 0 bridgehead atoms. The molecular formula is C4H10N3+. The Labute approximate surface area is 42.8 Å². The third kappa shape index (κ3) is 1.23. The summed E-state index contributed by atoms with van der Waals surface area (Å²) in [4.78, 5) is 0. The van der Waals surface area contributed by atoms with Gasteiger partial charge in [0.15, 0.2) is 13.1 Å². The van der Waals surface area contributed by atoms with E-state index < -0.39 is 0 Å². The van der Waals surface area contributed by atoms with Gasteiger partial charge in [-0.2, -0.15) is 0 Å². The molecule has 1 aliphatic rings. The van der Waals surface area contributed by atoms with Gasteiger partial charge in [-0.15, -0.1) is 4.70 Å². The molecule has 0 spiro atoms. The minimum atomic E-state index is 0.875. The molecule has 3 nitrogen and oxygen atoms in total. The Balaban J connectivity index is 2.25. The van der Waals surface area contributed by atoms with Crippen LogP contribution in [0.5, 0.6) is 0 Å². The van der Waals surface area contributed by atoms with Crippen LogP contribution >= 0.6 is 0 Å². The number of hydrogen-bond donors (Lipinski definition) is 2. The van der Waals surface area contributed by atoms with Crippen molar-refractivity contribution in [1.29, 1.82) is 5.53 Å². The fourth-order valence-electron chi connectivity index (χ4n) is 0.665. The highest BCUT2D eigenvalue weighted by molar-refractivity contribution is 4.46. The summed E-state index contributed by atoms with van der Waals surface area (Å²) in [6.45, 7) is 3.70. The highest BCUT2D eigenvalue weighted by Crippen LogP contribution is 1.77. The molecule has 0 aromatic rings. The molecule has 0 aromatic heterocycles. The number of rotatable bonds is 0. The molecule has 1 saturated heterocycles. The van der Waals surface area contributed by atoms with E-state index in [9.17, 15) is 0 Å². The Morgan fingerprint density at radius 3 is 2.14 bits per heavy atom. The average Bonchev–Trinajstić information content (AvgIpc) is 1.69. The van der Waals surface area contributed by atoms with Gasteiger partial charge >= 0.3 is 0 Å². The van der Waals surface area contributed by atoms with E-state index in [0.717, 1.165) is 26.2 Å². The maximum Gasteiger partial charge on any atom is 0.180 e. The van der Waals surface area contributed by atoms with Gasteiger partial charge in [-0.25, -0.2) is 0 Å². The third-order valence-corrected chi connectivity index (χ3v) is 1.12. The molecule has 0 saturated carbocycles. The highest BCUT2D eigenvalue weighted by Gasteiger charge is 2.07. The van der Waals surface area contributed by atoms with E-state index in [2.05, 4.69) is 5.32 Å². The Kier molecular flexibility index (Phi) is 1.36. The van der Waals surface area contributed by atoms with Crippen LogP contribution in [0.1, 0.15) is 0 Å². The van der Waals surface area contributed by atoms with Crippen LogP contribution in [0.15, 0.2) is 0 Å². The van der Waals surface area contributed by atoms with Crippen LogP contribution in [0, 0.1) is 5.53 Å². The lowest BCUT2D eigenvalue weighted by Crippen LogP contribution is -2.36. The van der Waals surface area contributed by atoms with Crippen LogP contribution in [-0.2, 0) is 0 Å². The summed E-state index contributed by atoms with van der Waals surface area (Å²) >= 11 is 0. The van der Waals surface area contributed by atoms with E-state index >= 15 is 0 Å². The van der Waals surface area contributed by atoms with Gasteiger partial charge in [0.05, 0.1) is 13.1 Å². The van der Waals surface area contributed by atoms with E-state index in [0.29, 0.717) is 0 Å². The molecule has 0 unspecified atom stereocenters. The second-order valence-electron chi connectivity index (χ2n) is 1.74. The summed E-state index contributed by atoms with van der Waals surface area (Å²) in [6, 6.07) is 0. The molecule has 0 radical (unpaired) electrons. The Morgan fingerprint density at radius 1 is 1.29 bits per heavy atom. The number of hydrogen-bond acceptors (Lipinski definition) is 2. The fraction of sp³-hybridized carbons (Fsp3) is 1.00. The zero-order chi connectivity index (χ0) is 5.11. The average molecular weight is 100 g/mol. The summed E-state index contributed by atoms with van der Waals surface area (Å²) in [5.41, 5.74) is 7.07. The van der Waals surface area contributed by atoms with E-state index in [1.54, 1.807) is 4.70 Å². The van der Waals surface area contributed by atoms with E-state index in [4.69, 9.17) is 5.53 Å². The van der Waals surface area contributed by atoms with Crippen molar-refractivity contribution in [2.75, 3.05) is 26.2 Å². The molecule has 0 atom stereocenters. The van der Waals surface area contributed by atoms with Gasteiger partial charge in [0.25, 0.3) is 0 Å². The van der Waals surface area contributed by atoms with Gasteiger partial charge in [-0.05, 0) is 0 Å². The maximum atomic E-state index is 7.07. The number of nitrogens with one attached hydrogen (secondary N) is 2. The van der Waals surface area contributed by atoms with Crippen molar-refractivity contribution in [1.82, 2.24) is 5.32 Å². The van der Waals surface area contributed by atoms with Crippen LogP contribution in [0.3, 0.4) is 0 Å². The Bertz CT molecular complexity index is 71.0. The van der Waals surface area contributed by atoms with Gasteiger partial charge in [0.2, 0.25) is 0 Å². The zero-order valence-electron chi connectivity index (χ0n) is 4.28. The molecule has 0 aliphatic carbocycles. The first-order valence-corrected chi connectivity index (χ1v) is 2.56. The third-order valence-electron chi connectivity index (χ3n) is 1.12. The first kappa shape index (κ1) is 4.71. The smallest absolute Gasteiger partial charge is 0.180 e. The SMILES string of the molecule is N=[N+]1CCNCC1. The standard InChI is InChI=1S/C4H10N3/c5-7-3-1-6-2-4-7/h5-6H,1-4H2/q+1. The number of piperazine rings is 1. The molecule has 0 amide bonds. The van der Waals surface area contributed by atoms with Crippen LogP contribution in [0.2, 0.25) is 0 Å². The van der Waals surface area contributed by atoms with Crippen LogP contribution < -0.4 is 5.32 Å².